The van der Waals surface area contributed by atoms with Crippen molar-refractivity contribution in [2.45, 2.75) is 25.9 Å². The smallest absolute Gasteiger partial charge is 0.320 e. The molecule has 0 aliphatic rings. The zero-order valence-corrected chi connectivity index (χ0v) is 18.0. The molecule has 1 amide bonds. The number of hydrogen-bond acceptors (Lipinski definition) is 5. The van der Waals surface area contributed by atoms with Crippen LogP contribution in [-0.2, 0) is 6.18 Å². The van der Waals surface area contributed by atoms with Gasteiger partial charge in [-0.2, -0.15) is 28.6 Å². The van der Waals surface area contributed by atoms with Gasteiger partial charge >= 0.3 is 6.18 Å². The van der Waals surface area contributed by atoms with Crippen molar-refractivity contribution in [1.82, 2.24) is 24.7 Å². The monoisotopic (exact) mass is 475 g/mol. The molecule has 0 aromatic carbocycles. The summed E-state index contributed by atoms with van der Waals surface area (Å²) in [5.74, 6) is -1.06. The lowest BCUT2D eigenvalue weighted by atomic mass is 10.2. The lowest BCUT2D eigenvalue weighted by Crippen LogP contribution is -2.26. The Morgan fingerprint density at radius 1 is 1.36 bits per heavy atom. The van der Waals surface area contributed by atoms with Crippen LogP contribution in [0.5, 0.6) is 0 Å². The molecule has 0 atom stereocenters. The molecule has 8 nitrogen and oxygen atoms in total. The highest BCUT2D eigenvalue weighted by atomic mass is 35.5. The van der Waals surface area contributed by atoms with Crippen LogP contribution in [0.15, 0.2) is 58.6 Å². The minimum atomic E-state index is -4.93. The van der Waals surface area contributed by atoms with Crippen LogP contribution in [0.4, 0.5) is 13.2 Å². The van der Waals surface area contributed by atoms with Gasteiger partial charge in [-0.05, 0) is 37.4 Å². The highest BCUT2D eigenvalue weighted by Crippen LogP contribution is 2.34. The minimum Gasteiger partial charge on any atom is -0.320 e. The van der Waals surface area contributed by atoms with Crippen molar-refractivity contribution >= 4 is 29.7 Å². The molecule has 3 aromatic rings. The number of carbonyl (C=O) groups excluding carboxylic acids is 1. The van der Waals surface area contributed by atoms with Gasteiger partial charge in [-0.3, -0.25) is 9.79 Å². The second kappa shape index (κ2) is 9.70. The zero-order chi connectivity index (χ0) is 24.2. The molecule has 0 spiro atoms. The van der Waals surface area contributed by atoms with Crippen molar-refractivity contribution in [3.05, 3.63) is 70.5 Å². The van der Waals surface area contributed by atoms with Gasteiger partial charge in [0, 0.05) is 11.2 Å². The molecule has 33 heavy (non-hydrogen) atoms. The molecule has 0 unspecified atom stereocenters. The first-order valence-electron chi connectivity index (χ1n) is 9.57. The first-order chi connectivity index (χ1) is 15.7. The number of aromatic nitrogens is 4. The van der Waals surface area contributed by atoms with E-state index < -0.39 is 23.3 Å². The maximum Gasteiger partial charge on any atom is 0.434 e. The van der Waals surface area contributed by atoms with Crippen LogP contribution in [0, 0.1) is 11.3 Å². The second-order valence-corrected chi connectivity index (χ2v) is 7.21. The number of amides is 1. The number of aliphatic imine (C=N–C) groups is 1. The van der Waals surface area contributed by atoms with Gasteiger partial charge < -0.3 is 5.32 Å². The van der Waals surface area contributed by atoms with Crippen LogP contribution >= 0.6 is 11.6 Å². The summed E-state index contributed by atoms with van der Waals surface area (Å²) in [6.07, 6.45) is 1.05. The quantitative estimate of drug-likeness (QED) is 0.398. The summed E-state index contributed by atoms with van der Waals surface area (Å²) in [6, 6.07) is 5.97. The maximum atomic E-state index is 14.1. The zero-order valence-electron chi connectivity index (χ0n) is 17.3. The Kier molecular flexibility index (Phi) is 6.98. The molecule has 0 aliphatic heterocycles. The van der Waals surface area contributed by atoms with Gasteiger partial charge in [0.05, 0.1) is 34.9 Å². The van der Waals surface area contributed by atoms with Crippen LogP contribution in [0.2, 0.25) is 0 Å². The molecule has 0 saturated carbocycles. The van der Waals surface area contributed by atoms with Gasteiger partial charge in [-0.15, -0.1) is 0 Å². The van der Waals surface area contributed by atoms with E-state index in [2.05, 4.69) is 27.2 Å². The molecule has 3 heterocycles. The van der Waals surface area contributed by atoms with Crippen LogP contribution in [0.1, 0.15) is 41.5 Å². The van der Waals surface area contributed by atoms with Crippen molar-refractivity contribution < 1.29 is 18.0 Å². The molecule has 170 valence electrons. The fourth-order valence-corrected chi connectivity index (χ4v) is 3.43. The number of halogens is 4. The first kappa shape index (κ1) is 23.7. The minimum absolute atomic E-state index is 0.00714. The molecule has 0 bridgehead atoms. The van der Waals surface area contributed by atoms with Crippen molar-refractivity contribution in [3.8, 4) is 11.8 Å². The summed E-state index contributed by atoms with van der Waals surface area (Å²) in [4.78, 5) is 16.4. The Bertz CT molecular complexity index is 1310. The third kappa shape index (κ3) is 4.96. The summed E-state index contributed by atoms with van der Waals surface area (Å²) in [7, 11) is 0. The summed E-state index contributed by atoms with van der Waals surface area (Å²) in [6.45, 7) is 5.19. The van der Waals surface area contributed by atoms with Crippen molar-refractivity contribution in [2.75, 3.05) is 0 Å². The van der Waals surface area contributed by atoms with Gasteiger partial charge in [0.25, 0.3) is 5.91 Å². The van der Waals surface area contributed by atoms with E-state index in [1.807, 2.05) is 13.0 Å². The number of carbonyl (C=O) groups is 1. The van der Waals surface area contributed by atoms with Crippen LogP contribution in [0.3, 0.4) is 0 Å². The SMILES string of the molecule is C=N/C=C(\C=C(\Cl)CCC)NC(=O)c1cnn(-c2ccc(C#N)n3nccc23)c1C(F)(F)F. The number of fused-ring (bicyclic) bond motifs is 1. The Balaban J connectivity index is 2.09. The standard InChI is InChI=1S/C21H17ClF3N7O/c1-3-4-13(22)9-14(11-27-2)30-20(33)16-12-29-32(19(16)21(23,24)25)17-6-5-15(10-26)31-18(17)7-8-28-31/h5-9,11-12H,2-4H2,1H3,(H,30,33)/b13-9+,14-11+. The van der Waals surface area contributed by atoms with Crippen molar-refractivity contribution in [1.29, 1.82) is 5.26 Å². The van der Waals surface area contributed by atoms with Crippen molar-refractivity contribution in [2.24, 2.45) is 4.99 Å². The van der Waals surface area contributed by atoms with Gasteiger partial charge in [0.1, 0.15) is 11.8 Å². The van der Waals surface area contributed by atoms with Crippen molar-refractivity contribution in [3.63, 3.8) is 0 Å². The first-order valence-corrected chi connectivity index (χ1v) is 9.94. The molecule has 3 rings (SSSR count). The molecular weight excluding hydrogens is 459 g/mol. The predicted molar refractivity (Wildman–Crippen MR) is 116 cm³/mol. The second-order valence-electron chi connectivity index (χ2n) is 6.72. The van der Waals surface area contributed by atoms with Crippen LogP contribution in [-0.4, -0.2) is 32.0 Å². The molecular formula is C21H17ClF3N7O. The van der Waals surface area contributed by atoms with E-state index in [-0.39, 0.29) is 22.6 Å². The fourth-order valence-electron chi connectivity index (χ4n) is 3.12. The lowest BCUT2D eigenvalue weighted by molar-refractivity contribution is -0.143. The number of nitriles is 1. The van der Waals surface area contributed by atoms with E-state index in [4.69, 9.17) is 11.6 Å². The number of nitrogens with zero attached hydrogens (tertiary/aromatic N) is 6. The van der Waals surface area contributed by atoms with Gasteiger partial charge in [0.2, 0.25) is 0 Å². The van der Waals surface area contributed by atoms with Gasteiger partial charge in [0.15, 0.2) is 5.69 Å². The van der Waals surface area contributed by atoms with E-state index in [0.29, 0.717) is 16.1 Å². The van der Waals surface area contributed by atoms with Gasteiger partial charge in [-0.1, -0.05) is 24.9 Å². The summed E-state index contributed by atoms with van der Waals surface area (Å²) in [5.41, 5.74) is -1.60. The van der Waals surface area contributed by atoms with E-state index in [0.717, 1.165) is 12.6 Å². The number of alkyl halides is 3. The normalized spacial score (nSPS) is 12.6. The third-order valence-corrected chi connectivity index (χ3v) is 4.74. The molecule has 0 radical (unpaired) electrons. The molecule has 1 N–H and O–H groups in total. The third-order valence-electron chi connectivity index (χ3n) is 4.45. The average Bonchev–Trinajstić information content (AvgIpc) is 3.41. The Hall–Kier alpha value is -3.91. The number of nitrogens with one attached hydrogen (secondary N) is 1. The number of pyridine rings is 1. The summed E-state index contributed by atoms with van der Waals surface area (Å²) >= 11 is 6.08. The average molecular weight is 476 g/mol. The van der Waals surface area contributed by atoms with E-state index in [1.165, 1.54) is 41.2 Å². The Morgan fingerprint density at radius 3 is 2.76 bits per heavy atom. The Morgan fingerprint density at radius 2 is 2.12 bits per heavy atom. The predicted octanol–water partition coefficient (Wildman–Crippen LogP) is 4.61. The topological polar surface area (TPSA) is 100 Å². The number of hydrogen-bond donors (Lipinski definition) is 1. The Labute approximate surface area is 191 Å². The summed E-state index contributed by atoms with van der Waals surface area (Å²) in [5, 5.41) is 19.7. The van der Waals surface area contributed by atoms with Crippen LogP contribution in [0.25, 0.3) is 11.2 Å². The van der Waals surface area contributed by atoms with E-state index in [9.17, 15) is 23.2 Å². The highest BCUT2D eigenvalue weighted by Gasteiger charge is 2.41. The largest absolute Gasteiger partial charge is 0.434 e. The van der Waals surface area contributed by atoms with Crippen LogP contribution < -0.4 is 5.32 Å². The maximum absolute atomic E-state index is 14.1. The number of allylic oxidation sites excluding steroid dienone is 2. The molecule has 12 heteroatoms. The van der Waals surface area contributed by atoms with E-state index in [1.54, 1.807) is 0 Å². The lowest BCUT2D eigenvalue weighted by Gasteiger charge is -2.14. The molecule has 0 fully saturated rings. The van der Waals surface area contributed by atoms with Gasteiger partial charge in [-0.25, -0.2) is 9.20 Å². The summed E-state index contributed by atoms with van der Waals surface area (Å²) < 4.78 is 44.0. The van der Waals surface area contributed by atoms with E-state index >= 15 is 0 Å². The fraction of sp³-hybridized carbons (Fsp3) is 0.190. The molecule has 3 aromatic heterocycles. The number of rotatable bonds is 7. The molecule has 0 aliphatic carbocycles. The highest BCUT2D eigenvalue weighted by molar-refractivity contribution is 6.29. The molecule has 0 saturated heterocycles.